The number of urea groups is 1. The highest BCUT2D eigenvalue weighted by molar-refractivity contribution is 7.13. The Morgan fingerprint density at radius 3 is 2.64 bits per heavy atom. The second kappa shape index (κ2) is 9.99. The lowest BCUT2D eigenvalue weighted by Crippen LogP contribution is -2.41. The molecule has 3 aromatic rings. The summed E-state index contributed by atoms with van der Waals surface area (Å²) in [5.74, 6) is 0.474. The fraction of sp³-hybridized carbons (Fsp3) is 0.333. The number of likely N-dealkylation sites (tertiary alicyclic amines) is 1. The molecule has 172 valence electrons. The summed E-state index contributed by atoms with van der Waals surface area (Å²) >= 11 is 1.28. The maximum atomic E-state index is 12.9. The highest BCUT2D eigenvalue weighted by Crippen LogP contribution is 2.30. The Bertz CT molecular complexity index is 1150. The van der Waals surface area contributed by atoms with Crippen LogP contribution in [0, 0.1) is 13.8 Å². The molecule has 0 radical (unpaired) electrons. The van der Waals surface area contributed by atoms with Gasteiger partial charge in [-0.2, -0.15) is 0 Å². The third kappa shape index (κ3) is 5.48. The molecule has 1 saturated heterocycles. The van der Waals surface area contributed by atoms with Crippen molar-refractivity contribution in [2.75, 3.05) is 30.8 Å². The number of aryl methyl sites for hydroxylation is 2. The second-order valence-electron chi connectivity index (χ2n) is 8.16. The van der Waals surface area contributed by atoms with Gasteiger partial charge in [-0.25, -0.2) is 4.79 Å². The zero-order valence-corrected chi connectivity index (χ0v) is 19.7. The third-order valence-electron chi connectivity index (χ3n) is 5.68. The summed E-state index contributed by atoms with van der Waals surface area (Å²) in [7, 11) is 1.59. The van der Waals surface area contributed by atoms with Crippen LogP contribution >= 0.6 is 11.3 Å². The van der Waals surface area contributed by atoms with Crippen LogP contribution in [0.25, 0.3) is 0 Å². The van der Waals surface area contributed by atoms with E-state index in [2.05, 4.69) is 20.8 Å². The molecule has 4 rings (SSSR count). The van der Waals surface area contributed by atoms with Gasteiger partial charge in [0.1, 0.15) is 10.8 Å². The van der Waals surface area contributed by atoms with Gasteiger partial charge in [-0.05, 0) is 68.1 Å². The van der Waals surface area contributed by atoms with Crippen molar-refractivity contribution in [2.45, 2.75) is 32.6 Å². The van der Waals surface area contributed by atoms with E-state index < -0.39 is 0 Å². The largest absolute Gasteiger partial charge is 0.497 e. The maximum absolute atomic E-state index is 12.9. The molecular weight excluding hydrogens is 438 g/mol. The third-order valence-corrected chi connectivity index (χ3v) is 6.76. The molecule has 1 atom stereocenters. The molecule has 33 heavy (non-hydrogen) atoms. The van der Waals surface area contributed by atoms with E-state index in [1.807, 2.05) is 36.9 Å². The number of amides is 3. The predicted octanol–water partition coefficient (Wildman–Crippen LogP) is 4.83. The van der Waals surface area contributed by atoms with Crippen LogP contribution in [-0.4, -0.2) is 47.2 Å². The van der Waals surface area contributed by atoms with E-state index in [0.717, 1.165) is 40.4 Å². The molecule has 1 aromatic heterocycles. The summed E-state index contributed by atoms with van der Waals surface area (Å²) in [6, 6.07) is 13.0. The Kier molecular flexibility index (Phi) is 6.88. The second-order valence-corrected chi connectivity index (χ2v) is 9.17. The zero-order chi connectivity index (χ0) is 23.4. The van der Waals surface area contributed by atoms with Crippen molar-refractivity contribution >= 4 is 34.6 Å². The first-order chi connectivity index (χ1) is 15.9. The molecule has 8 nitrogen and oxygen atoms in total. The summed E-state index contributed by atoms with van der Waals surface area (Å²) in [6.07, 6.45) is 1.78. The minimum atomic E-state index is -0.302. The summed E-state index contributed by atoms with van der Waals surface area (Å²) in [4.78, 5) is 27.3. The topological polar surface area (TPSA) is 96.4 Å². The smallest absolute Gasteiger partial charge is 0.321 e. The minimum absolute atomic E-state index is 0.0585. The van der Waals surface area contributed by atoms with Crippen LogP contribution in [0.4, 0.5) is 16.2 Å². The van der Waals surface area contributed by atoms with Gasteiger partial charge in [0.2, 0.25) is 5.01 Å². The molecule has 0 bridgehead atoms. The van der Waals surface area contributed by atoms with E-state index in [0.29, 0.717) is 23.8 Å². The lowest BCUT2D eigenvalue weighted by Gasteiger charge is -2.31. The molecule has 1 aliphatic rings. The number of nitrogens with one attached hydrogen (secondary N) is 2. The van der Waals surface area contributed by atoms with Crippen LogP contribution in [0.1, 0.15) is 44.7 Å². The van der Waals surface area contributed by atoms with Gasteiger partial charge < -0.3 is 20.3 Å². The minimum Gasteiger partial charge on any atom is -0.497 e. The van der Waals surface area contributed by atoms with Crippen LogP contribution in [0.3, 0.4) is 0 Å². The highest BCUT2D eigenvalue weighted by atomic mass is 32.1. The fourth-order valence-corrected chi connectivity index (χ4v) is 4.64. The van der Waals surface area contributed by atoms with E-state index in [-0.39, 0.29) is 17.9 Å². The molecule has 1 unspecified atom stereocenters. The van der Waals surface area contributed by atoms with Gasteiger partial charge in [0.05, 0.1) is 7.11 Å². The quantitative estimate of drug-likeness (QED) is 0.563. The highest BCUT2D eigenvalue weighted by Gasteiger charge is 2.28. The first-order valence-electron chi connectivity index (χ1n) is 10.8. The number of aromatic nitrogens is 2. The van der Waals surface area contributed by atoms with E-state index in [1.54, 1.807) is 31.4 Å². The summed E-state index contributed by atoms with van der Waals surface area (Å²) in [6.45, 7) is 5.22. The van der Waals surface area contributed by atoms with Gasteiger partial charge in [-0.15, -0.1) is 10.2 Å². The van der Waals surface area contributed by atoms with Crippen LogP contribution in [0.15, 0.2) is 42.5 Å². The maximum Gasteiger partial charge on any atom is 0.321 e. The normalized spacial score (nSPS) is 15.7. The number of rotatable bonds is 5. The number of nitrogens with zero attached hydrogens (tertiary/aromatic N) is 3. The molecular formula is C24H27N5O3S. The molecule has 0 saturated carbocycles. The Morgan fingerprint density at radius 1 is 1.09 bits per heavy atom. The van der Waals surface area contributed by atoms with Crippen molar-refractivity contribution < 1.29 is 14.3 Å². The summed E-state index contributed by atoms with van der Waals surface area (Å²) in [5.41, 5.74) is 3.61. The van der Waals surface area contributed by atoms with Gasteiger partial charge >= 0.3 is 6.03 Å². The van der Waals surface area contributed by atoms with E-state index in [9.17, 15) is 9.59 Å². The number of piperidine rings is 1. The van der Waals surface area contributed by atoms with E-state index in [4.69, 9.17) is 4.74 Å². The van der Waals surface area contributed by atoms with Crippen molar-refractivity contribution in [1.82, 2.24) is 15.1 Å². The molecule has 1 aliphatic heterocycles. The molecule has 9 heteroatoms. The predicted molar refractivity (Wildman–Crippen MR) is 129 cm³/mol. The average Bonchev–Trinajstić information content (AvgIpc) is 3.33. The van der Waals surface area contributed by atoms with Crippen LogP contribution in [0.2, 0.25) is 0 Å². The van der Waals surface area contributed by atoms with Crippen molar-refractivity contribution in [3.05, 3.63) is 63.6 Å². The van der Waals surface area contributed by atoms with Crippen molar-refractivity contribution in [3.8, 4) is 5.75 Å². The Hall–Kier alpha value is -3.46. The monoisotopic (exact) mass is 465 g/mol. The van der Waals surface area contributed by atoms with Gasteiger partial charge in [0.25, 0.3) is 5.91 Å². The van der Waals surface area contributed by atoms with Gasteiger partial charge in [0, 0.05) is 30.4 Å². The standard InChI is InChI=1S/C24H27N5O3S/c1-15-6-7-16(2)20(13-15)26-24(31)29-12-4-5-17(14-29)22-27-28-23(33-22)21(30)25-18-8-10-19(32-3)11-9-18/h6-11,13,17H,4-5,12,14H2,1-3H3,(H,25,30)(H,26,31). The van der Waals surface area contributed by atoms with Crippen LogP contribution < -0.4 is 15.4 Å². The first kappa shape index (κ1) is 22.7. The van der Waals surface area contributed by atoms with Crippen molar-refractivity contribution in [2.24, 2.45) is 0 Å². The van der Waals surface area contributed by atoms with Gasteiger partial charge in [-0.1, -0.05) is 23.5 Å². The number of hydrogen-bond donors (Lipinski definition) is 2. The van der Waals surface area contributed by atoms with E-state index >= 15 is 0 Å². The zero-order valence-electron chi connectivity index (χ0n) is 18.9. The molecule has 0 aliphatic carbocycles. The number of carbonyl (C=O) groups excluding carboxylic acids is 2. The summed E-state index contributed by atoms with van der Waals surface area (Å²) < 4.78 is 5.13. The molecule has 2 aromatic carbocycles. The first-order valence-corrected chi connectivity index (χ1v) is 11.7. The van der Waals surface area contributed by atoms with Crippen LogP contribution in [0.5, 0.6) is 5.75 Å². The number of hydrogen-bond acceptors (Lipinski definition) is 6. The molecule has 0 spiro atoms. The lowest BCUT2D eigenvalue weighted by molar-refractivity contribution is 0.102. The number of anilines is 2. The Labute approximate surface area is 197 Å². The number of benzene rings is 2. The van der Waals surface area contributed by atoms with Crippen molar-refractivity contribution in [1.29, 1.82) is 0 Å². The number of carbonyl (C=O) groups is 2. The number of ether oxygens (including phenoxy) is 1. The van der Waals surface area contributed by atoms with Crippen LogP contribution in [-0.2, 0) is 0 Å². The molecule has 3 amide bonds. The molecule has 2 heterocycles. The Morgan fingerprint density at radius 2 is 1.88 bits per heavy atom. The average molecular weight is 466 g/mol. The number of methoxy groups -OCH3 is 1. The fourth-order valence-electron chi connectivity index (χ4n) is 3.78. The lowest BCUT2D eigenvalue weighted by atomic mass is 9.99. The Balaban J connectivity index is 1.38. The molecule has 1 fully saturated rings. The van der Waals surface area contributed by atoms with E-state index in [1.165, 1.54) is 11.3 Å². The van der Waals surface area contributed by atoms with Gasteiger partial charge in [0.15, 0.2) is 0 Å². The summed E-state index contributed by atoms with van der Waals surface area (Å²) in [5, 5.41) is 15.3. The SMILES string of the molecule is COc1ccc(NC(=O)c2nnc(C3CCCN(C(=O)Nc4cc(C)ccc4C)C3)s2)cc1. The molecule has 2 N–H and O–H groups in total. The van der Waals surface area contributed by atoms with Gasteiger partial charge in [-0.3, -0.25) is 4.79 Å². The van der Waals surface area contributed by atoms with Crippen molar-refractivity contribution in [3.63, 3.8) is 0 Å².